The summed E-state index contributed by atoms with van der Waals surface area (Å²) >= 11 is 0. The molecule has 2 aromatic rings. The summed E-state index contributed by atoms with van der Waals surface area (Å²) in [5.41, 5.74) is -6.49. The zero-order chi connectivity index (χ0) is 45.8. The molecular weight excluding hydrogens is 855 g/mol. The first kappa shape index (κ1) is 46.6. The van der Waals surface area contributed by atoms with Gasteiger partial charge in [-0.05, 0) is 90.2 Å². The van der Waals surface area contributed by atoms with Crippen LogP contribution in [0.25, 0.3) is 11.0 Å². The molecule has 1 saturated heterocycles. The Labute approximate surface area is 354 Å². The standard InChI is InChI=1S/C40H50F6N6O9S/c1-7-59-24-12-13-26-27(17-24)48-32(30(47-26)39(41,42)43)60-25-18-28-31(53)50-38(34(55)51-62(57,58)37(6)14-15-37)19-23(38)11-9-8-10-21(2)16-22(3)29(33(54)52(28)20-25)49-35(56)61-36(4,5)40(44,45)46/h9,11-13,17,21-23,25,28-29H,7-8,10,14-16,18-20H2,1-6H3,(H,49,56)(H,50,53)(H,51,55)/b11-9-/t21-,22+,23?,25+,28-,29-,38+/m0/s1. The zero-order valence-electron chi connectivity index (χ0n) is 34.9. The topological polar surface area (TPSA) is 195 Å². The minimum absolute atomic E-state index is 0.0309. The van der Waals surface area contributed by atoms with Crippen molar-refractivity contribution in [3.8, 4) is 11.6 Å². The van der Waals surface area contributed by atoms with Crippen molar-refractivity contribution in [2.45, 2.75) is 133 Å². The van der Waals surface area contributed by atoms with Crippen molar-refractivity contribution in [1.29, 1.82) is 0 Å². The number of carbonyl (C=O) groups excluding carboxylic acids is 4. The number of benzene rings is 1. The van der Waals surface area contributed by atoms with Crippen molar-refractivity contribution >= 4 is 44.9 Å². The van der Waals surface area contributed by atoms with Crippen molar-refractivity contribution < 1.29 is 68.1 Å². The first-order chi connectivity index (χ1) is 28.7. The van der Waals surface area contributed by atoms with E-state index in [0.717, 1.165) is 4.90 Å². The van der Waals surface area contributed by atoms with Gasteiger partial charge >= 0.3 is 18.4 Å². The number of rotatable bonds is 9. The largest absolute Gasteiger partial charge is 0.494 e. The minimum atomic E-state index is -5.09. The fourth-order valence-corrected chi connectivity index (χ4v) is 9.05. The van der Waals surface area contributed by atoms with Crippen molar-refractivity contribution in [2.24, 2.45) is 17.8 Å². The maximum atomic E-state index is 14.7. The predicted molar refractivity (Wildman–Crippen MR) is 209 cm³/mol. The number of ether oxygens (including phenoxy) is 3. The molecule has 3 heterocycles. The van der Waals surface area contributed by atoms with Gasteiger partial charge in [-0.3, -0.25) is 19.1 Å². The van der Waals surface area contributed by atoms with Crippen LogP contribution in [0.3, 0.4) is 0 Å². The summed E-state index contributed by atoms with van der Waals surface area (Å²) in [5.74, 6) is -5.40. The van der Waals surface area contributed by atoms with Crippen molar-refractivity contribution in [2.75, 3.05) is 13.2 Å². The molecule has 6 rings (SSSR count). The number of nitrogens with one attached hydrogen (secondary N) is 3. The van der Waals surface area contributed by atoms with Gasteiger partial charge < -0.3 is 29.7 Å². The molecular formula is C40H50F6N6O9S. The molecule has 62 heavy (non-hydrogen) atoms. The quantitative estimate of drug-likeness (QED) is 0.206. The molecule has 2 aliphatic heterocycles. The number of sulfonamides is 1. The van der Waals surface area contributed by atoms with E-state index < -0.39 is 117 Å². The lowest BCUT2D eigenvalue weighted by atomic mass is 9.88. The van der Waals surface area contributed by atoms with Crippen molar-refractivity contribution in [1.82, 2.24) is 30.2 Å². The van der Waals surface area contributed by atoms with Gasteiger partial charge in [0.05, 0.1) is 28.9 Å². The summed E-state index contributed by atoms with van der Waals surface area (Å²) in [4.78, 5) is 65.0. The molecule has 1 aromatic carbocycles. The number of nitrogens with zero attached hydrogens (tertiary/aromatic N) is 3. The van der Waals surface area contributed by atoms with Crippen LogP contribution in [0.5, 0.6) is 11.6 Å². The Bertz CT molecular complexity index is 2230. The zero-order valence-corrected chi connectivity index (χ0v) is 35.7. The maximum Gasteiger partial charge on any atom is 0.438 e. The molecule has 1 unspecified atom stereocenters. The Kier molecular flexibility index (Phi) is 12.5. The van der Waals surface area contributed by atoms with E-state index in [2.05, 4.69) is 25.3 Å². The van der Waals surface area contributed by atoms with E-state index in [0.29, 0.717) is 39.5 Å². The number of alkyl carbamates (subject to hydrolysis) is 1. The lowest BCUT2D eigenvalue weighted by Crippen LogP contribution is -2.59. The van der Waals surface area contributed by atoms with E-state index in [1.807, 2.05) is 6.92 Å². The van der Waals surface area contributed by atoms with Crippen LogP contribution in [0.4, 0.5) is 31.1 Å². The highest BCUT2D eigenvalue weighted by Crippen LogP contribution is 2.48. The monoisotopic (exact) mass is 904 g/mol. The molecule has 4 amide bonds. The van der Waals surface area contributed by atoms with E-state index in [9.17, 15) is 53.9 Å². The Balaban J connectivity index is 1.39. The SMILES string of the molecule is CCOc1ccc2nc(C(F)(F)F)c(O[C@@H]3C[C@H]4C(=O)N[C@]5(C(=O)NS(=O)(=O)C6(C)CC6)CC5/C=C\CC[C@H](C)C[C@@H](C)[C@H](NC(=O)OC(C)(C)C(F)(F)F)C(=O)N4C3)nc2c1. The van der Waals surface area contributed by atoms with E-state index in [-0.39, 0.29) is 42.1 Å². The van der Waals surface area contributed by atoms with E-state index in [1.165, 1.54) is 25.1 Å². The van der Waals surface area contributed by atoms with Gasteiger partial charge in [-0.2, -0.15) is 26.3 Å². The molecule has 1 aromatic heterocycles. The van der Waals surface area contributed by atoms with Gasteiger partial charge in [0.15, 0.2) is 0 Å². The van der Waals surface area contributed by atoms with Gasteiger partial charge in [-0.1, -0.05) is 26.0 Å². The Morgan fingerprint density at radius 2 is 1.73 bits per heavy atom. The summed E-state index contributed by atoms with van der Waals surface area (Å²) in [7, 11) is -4.19. The number of allylic oxidation sites excluding steroid dienone is 1. The van der Waals surface area contributed by atoms with Gasteiger partial charge in [0.25, 0.3) is 5.91 Å². The third kappa shape index (κ3) is 9.68. The number of alkyl halides is 6. The number of carbonyl (C=O) groups is 4. The number of fused-ring (bicyclic) bond motifs is 3. The molecule has 22 heteroatoms. The van der Waals surface area contributed by atoms with Crippen LogP contribution in [0.2, 0.25) is 0 Å². The van der Waals surface area contributed by atoms with Gasteiger partial charge in [0.1, 0.15) is 29.5 Å². The number of aromatic nitrogens is 2. The summed E-state index contributed by atoms with van der Waals surface area (Å²) < 4.78 is 128. The lowest BCUT2D eigenvalue weighted by Gasteiger charge is -2.34. The molecule has 7 atom stereocenters. The third-order valence-corrected chi connectivity index (χ3v) is 14.2. The summed E-state index contributed by atoms with van der Waals surface area (Å²) in [6.07, 6.45) is -8.40. The highest BCUT2D eigenvalue weighted by atomic mass is 32.2. The molecule has 3 N–H and O–H groups in total. The highest BCUT2D eigenvalue weighted by Gasteiger charge is 2.63. The van der Waals surface area contributed by atoms with E-state index in [1.54, 1.807) is 26.0 Å². The molecule has 0 bridgehead atoms. The Morgan fingerprint density at radius 1 is 1.03 bits per heavy atom. The molecule has 4 aliphatic rings. The molecule has 2 aliphatic carbocycles. The van der Waals surface area contributed by atoms with Crippen molar-refractivity contribution in [3.63, 3.8) is 0 Å². The molecule has 0 radical (unpaired) electrons. The predicted octanol–water partition coefficient (Wildman–Crippen LogP) is 5.72. The van der Waals surface area contributed by atoms with Crippen LogP contribution >= 0.6 is 0 Å². The average molecular weight is 905 g/mol. The van der Waals surface area contributed by atoms with Gasteiger partial charge in [-0.15, -0.1) is 0 Å². The first-order valence-corrected chi connectivity index (χ1v) is 21.8. The number of amides is 4. The molecule has 0 spiro atoms. The van der Waals surface area contributed by atoms with Crippen LogP contribution < -0.4 is 24.8 Å². The molecule has 3 fully saturated rings. The van der Waals surface area contributed by atoms with Gasteiger partial charge in [0, 0.05) is 18.4 Å². The fourth-order valence-electron chi connectivity index (χ4n) is 7.74. The van der Waals surface area contributed by atoms with Crippen LogP contribution in [-0.2, 0) is 35.3 Å². The normalized spacial score (nSPS) is 28.6. The number of hydrogen-bond donors (Lipinski definition) is 3. The lowest BCUT2D eigenvalue weighted by molar-refractivity contribution is -0.244. The van der Waals surface area contributed by atoms with Crippen LogP contribution in [0.15, 0.2) is 30.4 Å². The summed E-state index contributed by atoms with van der Waals surface area (Å²) in [6.45, 7) is 7.43. The first-order valence-electron chi connectivity index (χ1n) is 20.3. The molecule has 342 valence electrons. The van der Waals surface area contributed by atoms with Crippen LogP contribution in [-0.4, -0.2) is 101 Å². The van der Waals surface area contributed by atoms with E-state index in [4.69, 9.17) is 14.2 Å². The highest BCUT2D eigenvalue weighted by molar-refractivity contribution is 7.91. The molecule has 2 saturated carbocycles. The number of hydrogen-bond acceptors (Lipinski definition) is 11. The Hall–Kier alpha value is -4.89. The maximum absolute atomic E-state index is 14.7. The minimum Gasteiger partial charge on any atom is -0.494 e. The summed E-state index contributed by atoms with van der Waals surface area (Å²) in [6, 6.07) is 0.770. The third-order valence-electron chi connectivity index (χ3n) is 12.0. The van der Waals surface area contributed by atoms with Gasteiger partial charge in [0.2, 0.25) is 39.0 Å². The summed E-state index contributed by atoms with van der Waals surface area (Å²) in [5, 5.41) is 4.89. The van der Waals surface area contributed by atoms with Crippen molar-refractivity contribution in [3.05, 3.63) is 36.0 Å². The van der Waals surface area contributed by atoms with Gasteiger partial charge in [-0.25, -0.2) is 23.2 Å². The smallest absolute Gasteiger partial charge is 0.438 e. The molecule has 15 nitrogen and oxygen atoms in total. The number of halogens is 6. The average Bonchev–Trinajstić information content (AvgIpc) is 4.04. The van der Waals surface area contributed by atoms with E-state index >= 15 is 0 Å². The van der Waals surface area contributed by atoms with Crippen LogP contribution in [0, 0.1) is 17.8 Å². The second-order valence-corrected chi connectivity index (χ2v) is 19.6. The Morgan fingerprint density at radius 3 is 2.35 bits per heavy atom. The second kappa shape index (κ2) is 16.7. The van der Waals surface area contributed by atoms with Crippen LogP contribution in [0.1, 0.15) is 92.2 Å². The second-order valence-electron chi connectivity index (χ2n) is 17.4. The fraction of sp³-hybridized carbons (Fsp3) is 0.650.